The molecule has 7 aliphatic rings. The summed E-state index contributed by atoms with van der Waals surface area (Å²) >= 11 is 0. The van der Waals surface area contributed by atoms with E-state index in [2.05, 4.69) is 0 Å². The zero-order valence-corrected chi connectivity index (χ0v) is 17.9. The molecule has 2 aromatic carbocycles. The highest BCUT2D eigenvalue weighted by Gasteiger charge is 3.10. The van der Waals surface area contributed by atoms with Crippen molar-refractivity contribution in [1.29, 1.82) is 0 Å². The van der Waals surface area contributed by atoms with E-state index in [1.807, 2.05) is 0 Å². The summed E-state index contributed by atoms with van der Waals surface area (Å²) in [7, 11) is -7.47. The number of hydrogen-bond donors (Lipinski definition) is 0. The molecule has 2 aromatic rings. The molecule has 4 nitrogen and oxygen atoms in total. The second-order valence-electron chi connectivity index (χ2n) is 10.5. The lowest BCUT2D eigenvalue weighted by atomic mass is 9.63. The minimum atomic E-state index is -3.74. The lowest BCUT2D eigenvalue weighted by Gasteiger charge is -2.47. The first-order valence-electron chi connectivity index (χ1n) is 11.0. The van der Waals surface area contributed by atoms with Crippen molar-refractivity contribution in [1.82, 2.24) is 0 Å². The fourth-order valence-electron chi connectivity index (χ4n) is 10.1. The summed E-state index contributed by atoms with van der Waals surface area (Å²) in [5, 5.41) is -1.62. The monoisotopic (exact) mass is 438 g/mol. The Bertz CT molecular complexity index is 1220. The van der Waals surface area contributed by atoms with Gasteiger partial charge in [-0.25, -0.2) is 16.8 Å². The Morgan fingerprint density at radius 2 is 0.933 bits per heavy atom. The van der Waals surface area contributed by atoms with E-state index >= 15 is 0 Å². The van der Waals surface area contributed by atoms with Crippen LogP contribution in [0.3, 0.4) is 0 Å². The summed E-state index contributed by atoms with van der Waals surface area (Å²) in [6.45, 7) is 0. The molecule has 9 rings (SSSR count). The van der Waals surface area contributed by atoms with Gasteiger partial charge in [0.25, 0.3) is 0 Å². The number of rotatable bonds is 4. The topological polar surface area (TPSA) is 68.3 Å². The quantitative estimate of drug-likeness (QED) is 0.735. The molecule has 2 spiro atoms. The van der Waals surface area contributed by atoms with E-state index in [1.54, 1.807) is 60.7 Å². The van der Waals surface area contributed by atoms with Crippen LogP contribution in [-0.2, 0) is 19.7 Å². The van der Waals surface area contributed by atoms with Gasteiger partial charge in [-0.2, -0.15) is 0 Å². The van der Waals surface area contributed by atoms with Crippen LogP contribution in [0.25, 0.3) is 0 Å². The van der Waals surface area contributed by atoms with E-state index in [0.717, 1.165) is 6.42 Å². The Labute approximate surface area is 176 Å². The molecule has 0 saturated heterocycles. The van der Waals surface area contributed by atoms with Crippen molar-refractivity contribution >= 4 is 19.7 Å². The van der Waals surface area contributed by atoms with Crippen molar-refractivity contribution in [2.45, 2.75) is 33.1 Å². The van der Waals surface area contributed by atoms with Gasteiger partial charge >= 0.3 is 0 Å². The minimum Gasteiger partial charge on any atom is -0.223 e. The lowest BCUT2D eigenvalue weighted by Crippen LogP contribution is -2.55. The van der Waals surface area contributed by atoms with E-state index in [1.165, 1.54) is 6.42 Å². The van der Waals surface area contributed by atoms with Crippen LogP contribution in [0, 0.1) is 46.3 Å². The molecule has 154 valence electrons. The molecule has 7 fully saturated rings. The van der Waals surface area contributed by atoms with Crippen LogP contribution in [0.15, 0.2) is 70.5 Å². The Morgan fingerprint density at radius 3 is 1.30 bits per heavy atom. The maximum Gasteiger partial charge on any atom is 0.182 e. The summed E-state index contributed by atoms with van der Waals surface area (Å²) in [6.07, 6.45) is 2.01. The van der Waals surface area contributed by atoms with Gasteiger partial charge in [0.2, 0.25) is 0 Å². The summed E-state index contributed by atoms with van der Waals surface area (Å²) in [5.41, 5.74) is 0.338. The van der Waals surface area contributed by atoms with Gasteiger partial charge in [0.15, 0.2) is 19.7 Å². The zero-order chi connectivity index (χ0) is 20.3. The molecule has 0 heterocycles. The van der Waals surface area contributed by atoms with Crippen molar-refractivity contribution in [3.05, 3.63) is 60.7 Å². The molecule has 0 aromatic heterocycles. The molecule has 10 atom stereocenters. The Hall–Kier alpha value is -1.66. The highest BCUT2D eigenvalue weighted by Crippen LogP contribution is 3.12. The molecule has 0 amide bonds. The van der Waals surface area contributed by atoms with Crippen molar-refractivity contribution in [2.24, 2.45) is 46.3 Å². The van der Waals surface area contributed by atoms with E-state index in [0.29, 0.717) is 23.7 Å². The molecule has 0 unspecified atom stereocenters. The van der Waals surface area contributed by atoms with Gasteiger partial charge < -0.3 is 0 Å². The summed E-state index contributed by atoms with van der Waals surface area (Å²) in [5.74, 6) is 2.77. The normalized spacial score (nSPS) is 50.5. The smallest absolute Gasteiger partial charge is 0.182 e. The fraction of sp³-hybridized carbons (Fsp3) is 0.500. The average Bonchev–Trinajstić information content (AvgIpc) is 3.17. The molecule has 30 heavy (non-hydrogen) atoms. The average molecular weight is 439 g/mol. The molecule has 0 radical (unpaired) electrons. The second-order valence-corrected chi connectivity index (χ2v) is 14.7. The third-order valence-corrected chi connectivity index (χ3v) is 15.0. The van der Waals surface area contributed by atoms with E-state index < -0.39 is 30.2 Å². The van der Waals surface area contributed by atoms with Gasteiger partial charge in [0, 0.05) is 0 Å². The molecular weight excluding hydrogens is 416 g/mol. The van der Waals surface area contributed by atoms with Crippen molar-refractivity contribution in [2.75, 3.05) is 0 Å². The SMILES string of the molecule is O=S(=O)(c1ccccc1)[C@@H]1[C@H](S(=O)(=O)c2ccccc2)[C@H]2C[C@@H]1[C@@]13[C@@H]4[C@H]5[C@H](C[C@@H]41)[C@@]523. The third kappa shape index (κ3) is 1.36. The lowest BCUT2D eigenvalue weighted by molar-refractivity contribution is 0.0676. The summed E-state index contributed by atoms with van der Waals surface area (Å²) < 4.78 is 55.7. The molecular formula is C24H22O4S2. The van der Waals surface area contributed by atoms with Crippen LogP contribution in [-0.4, -0.2) is 27.3 Å². The largest absolute Gasteiger partial charge is 0.223 e. The zero-order valence-electron chi connectivity index (χ0n) is 16.3. The molecule has 0 aliphatic heterocycles. The van der Waals surface area contributed by atoms with Crippen LogP contribution in [0.4, 0.5) is 0 Å². The van der Waals surface area contributed by atoms with Gasteiger partial charge in [0.1, 0.15) is 0 Å². The summed E-state index contributed by atoms with van der Waals surface area (Å²) in [6, 6.07) is 17.1. The highest BCUT2D eigenvalue weighted by molar-refractivity contribution is 7.96. The molecule has 7 aliphatic carbocycles. The Balaban J connectivity index is 1.34. The van der Waals surface area contributed by atoms with E-state index in [9.17, 15) is 16.8 Å². The Kier molecular flexibility index (Phi) is 2.59. The fourth-order valence-corrected chi connectivity index (χ4v) is 15.3. The standard InChI is InChI=1S/C24H22O4S2/c25-29(26,13-7-3-1-4-8-13)21-17-12-18(22(21)30(27,28)14-9-5-2-6-10-14)24-16-11-15-19(20(16)24)23(15,17)24/h1-10,15-22H,11-12H2/t15-,16-,17-,18+,19-,20+,21-,22+,23+,24-/m0/s1. The maximum atomic E-state index is 13.9. The maximum absolute atomic E-state index is 13.9. The van der Waals surface area contributed by atoms with Crippen LogP contribution >= 0.6 is 0 Å². The van der Waals surface area contributed by atoms with Crippen LogP contribution < -0.4 is 0 Å². The number of sulfone groups is 2. The first-order valence-corrected chi connectivity index (χ1v) is 14.1. The predicted octanol–water partition coefficient (Wildman–Crippen LogP) is 3.20. The Morgan fingerprint density at radius 1 is 0.567 bits per heavy atom. The van der Waals surface area contributed by atoms with Gasteiger partial charge in [0.05, 0.1) is 20.3 Å². The van der Waals surface area contributed by atoms with Gasteiger partial charge in [-0.3, -0.25) is 0 Å². The highest BCUT2D eigenvalue weighted by atomic mass is 32.2. The predicted molar refractivity (Wildman–Crippen MR) is 110 cm³/mol. The second kappa shape index (κ2) is 4.58. The van der Waals surface area contributed by atoms with E-state index in [4.69, 9.17) is 0 Å². The van der Waals surface area contributed by atoms with Crippen molar-refractivity contribution in [3.8, 4) is 0 Å². The minimum absolute atomic E-state index is 0.00921. The first-order chi connectivity index (χ1) is 14.4. The molecule has 0 N–H and O–H groups in total. The van der Waals surface area contributed by atoms with Crippen molar-refractivity contribution in [3.63, 3.8) is 0 Å². The van der Waals surface area contributed by atoms with Crippen LogP contribution in [0.5, 0.6) is 0 Å². The molecule has 4 bridgehead atoms. The van der Waals surface area contributed by atoms with Crippen LogP contribution in [0.2, 0.25) is 0 Å². The first kappa shape index (κ1) is 17.0. The van der Waals surface area contributed by atoms with Gasteiger partial charge in [-0.15, -0.1) is 0 Å². The molecule has 7 saturated carbocycles. The third-order valence-electron chi connectivity index (χ3n) is 10.3. The number of hydrogen-bond acceptors (Lipinski definition) is 4. The van der Waals surface area contributed by atoms with E-state index in [-0.39, 0.29) is 32.5 Å². The number of benzene rings is 2. The van der Waals surface area contributed by atoms with Crippen LogP contribution in [0.1, 0.15) is 12.8 Å². The van der Waals surface area contributed by atoms with Gasteiger partial charge in [-0.1, -0.05) is 36.4 Å². The van der Waals surface area contributed by atoms with Crippen molar-refractivity contribution < 1.29 is 16.8 Å². The number of fused-ring (bicyclic) bond motifs is 2. The molecule has 6 heteroatoms. The van der Waals surface area contributed by atoms with Gasteiger partial charge in [-0.05, 0) is 83.4 Å². The summed E-state index contributed by atoms with van der Waals surface area (Å²) in [4.78, 5) is 0.551.